The minimum atomic E-state index is -0.0530. The molecule has 0 aliphatic rings. The zero-order valence-electron chi connectivity index (χ0n) is 18.6. The number of benzene rings is 1. The highest BCUT2D eigenvalue weighted by molar-refractivity contribution is 5.76. The summed E-state index contributed by atoms with van der Waals surface area (Å²) in [7, 11) is 4.86. The molecule has 2 aromatic rings. The van der Waals surface area contributed by atoms with Crippen LogP contribution in [0, 0.1) is 20.8 Å². The Bertz CT molecular complexity index is 832. The molecular weight excluding hydrogens is 370 g/mol. The average molecular weight is 404 g/mol. The second kappa shape index (κ2) is 10.3. The second-order valence-corrected chi connectivity index (χ2v) is 7.28. The lowest BCUT2D eigenvalue weighted by molar-refractivity contribution is -0.135. The van der Waals surface area contributed by atoms with Crippen LogP contribution < -0.4 is 9.47 Å². The Morgan fingerprint density at radius 1 is 1.14 bits per heavy atom. The van der Waals surface area contributed by atoms with Crippen molar-refractivity contribution in [2.75, 3.05) is 27.9 Å². The molecule has 160 valence electrons. The Balaban J connectivity index is 2.16. The summed E-state index contributed by atoms with van der Waals surface area (Å²) in [5.74, 6) is 1.38. The maximum atomic E-state index is 13.1. The van der Waals surface area contributed by atoms with Gasteiger partial charge in [0.05, 0.1) is 32.6 Å². The Hall–Kier alpha value is -2.54. The van der Waals surface area contributed by atoms with Crippen molar-refractivity contribution in [3.05, 3.63) is 40.7 Å². The van der Waals surface area contributed by atoms with Crippen molar-refractivity contribution in [3.63, 3.8) is 0 Å². The summed E-state index contributed by atoms with van der Waals surface area (Å²) in [6.07, 6.45) is 0.378. The van der Waals surface area contributed by atoms with Crippen LogP contribution in [0.15, 0.2) is 18.2 Å². The molecule has 0 fully saturated rings. The summed E-state index contributed by atoms with van der Waals surface area (Å²) in [5.41, 5.74) is 4.25. The first-order valence-corrected chi connectivity index (χ1v) is 9.82. The standard InChI is InChI=1S/C22H33N3O4/c1-15(14-27-5)24(13-19-8-9-20(28-6)21(12-19)29-7)22(26)10-11-25-18(4)16(2)17(3)23-25/h8-9,12,15H,10-11,13-14H2,1-7H3/t15-/m1/s1. The number of carbonyl (C=O) groups is 1. The topological polar surface area (TPSA) is 65.8 Å². The molecule has 1 aromatic carbocycles. The predicted octanol–water partition coefficient (Wildman–Crippen LogP) is 3.28. The van der Waals surface area contributed by atoms with E-state index < -0.39 is 0 Å². The maximum absolute atomic E-state index is 13.1. The summed E-state index contributed by atoms with van der Waals surface area (Å²) in [6.45, 7) is 9.58. The Kier molecular flexibility index (Phi) is 8.08. The van der Waals surface area contributed by atoms with Crippen LogP contribution >= 0.6 is 0 Å². The van der Waals surface area contributed by atoms with Crippen LogP contribution in [0.3, 0.4) is 0 Å². The third-order valence-electron chi connectivity index (χ3n) is 5.34. The van der Waals surface area contributed by atoms with Gasteiger partial charge in [0.25, 0.3) is 0 Å². The second-order valence-electron chi connectivity index (χ2n) is 7.28. The molecule has 0 aliphatic carbocycles. The van der Waals surface area contributed by atoms with Gasteiger partial charge in [-0.25, -0.2) is 0 Å². The molecule has 7 heteroatoms. The predicted molar refractivity (Wildman–Crippen MR) is 112 cm³/mol. The Morgan fingerprint density at radius 2 is 1.83 bits per heavy atom. The smallest absolute Gasteiger partial charge is 0.225 e. The molecule has 1 amide bonds. The van der Waals surface area contributed by atoms with E-state index in [9.17, 15) is 4.79 Å². The molecular formula is C22H33N3O4. The van der Waals surface area contributed by atoms with Crippen molar-refractivity contribution in [2.45, 2.75) is 53.2 Å². The molecule has 0 saturated heterocycles. The first-order valence-electron chi connectivity index (χ1n) is 9.82. The molecule has 1 heterocycles. The van der Waals surface area contributed by atoms with E-state index in [0.29, 0.717) is 37.6 Å². The molecule has 0 spiro atoms. The van der Waals surface area contributed by atoms with E-state index in [1.807, 2.05) is 48.6 Å². The van der Waals surface area contributed by atoms with E-state index in [1.54, 1.807) is 21.3 Å². The number of aryl methyl sites for hydroxylation is 2. The van der Waals surface area contributed by atoms with Gasteiger partial charge in [0.2, 0.25) is 5.91 Å². The number of aromatic nitrogens is 2. The number of carbonyl (C=O) groups excluding carboxylic acids is 1. The van der Waals surface area contributed by atoms with Gasteiger partial charge >= 0.3 is 0 Å². The SMILES string of the molecule is COC[C@@H](C)N(Cc1ccc(OC)c(OC)c1)C(=O)CCn1nc(C)c(C)c1C. The van der Waals surface area contributed by atoms with Crippen LogP contribution in [0.2, 0.25) is 0 Å². The maximum Gasteiger partial charge on any atom is 0.225 e. The van der Waals surface area contributed by atoms with Crippen molar-refractivity contribution in [2.24, 2.45) is 0 Å². The minimum Gasteiger partial charge on any atom is -0.493 e. The largest absolute Gasteiger partial charge is 0.493 e. The fourth-order valence-electron chi connectivity index (χ4n) is 3.35. The lowest BCUT2D eigenvalue weighted by Gasteiger charge is -2.29. The van der Waals surface area contributed by atoms with Gasteiger partial charge in [-0.05, 0) is 51.0 Å². The number of rotatable bonds is 10. The first kappa shape index (κ1) is 22.7. The number of ether oxygens (including phenoxy) is 3. The van der Waals surface area contributed by atoms with Crippen LogP contribution in [0.1, 0.15) is 35.9 Å². The molecule has 2 rings (SSSR count). The molecule has 0 saturated carbocycles. The number of nitrogens with zero attached hydrogens (tertiary/aromatic N) is 3. The van der Waals surface area contributed by atoms with E-state index in [0.717, 1.165) is 17.0 Å². The number of methoxy groups -OCH3 is 3. The molecule has 0 aliphatic heterocycles. The Labute approximate surface area is 173 Å². The molecule has 0 radical (unpaired) electrons. The Morgan fingerprint density at radius 3 is 2.38 bits per heavy atom. The first-order chi connectivity index (χ1) is 13.8. The van der Waals surface area contributed by atoms with Gasteiger partial charge in [0.1, 0.15) is 0 Å². The zero-order chi connectivity index (χ0) is 21.6. The summed E-state index contributed by atoms with van der Waals surface area (Å²) in [5, 5.41) is 4.54. The average Bonchev–Trinajstić information content (AvgIpc) is 2.96. The van der Waals surface area contributed by atoms with Crippen molar-refractivity contribution in [3.8, 4) is 11.5 Å². The van der Waals surface area contributed by atoms with Gasteiger partial charge in [-0.2, -0.15) is 5.10 Å². The van der Waals surface area contributed by atoms with Gasteiger partial charge < -0.3 is 19.1 Å². The highest BCUT2D eigenvalue weighted by Gasteiger charge is 2.21. The quantitative estimate of drug-likeness (QED) is 0.609. The number of hydrogen-bond donors (Lipinski definition) is 0. The van der Waals surface area contributed by atoms with Crippen LogP contribution in [0.5, 0.6) is 11.5 Å². The van der Waals surface area contributed by atoms with Gasteiger partial charge in [0, 0.05) is 32.3 Å². The molecule has 7 nitrogen and oxygen atoms in total. The highest BCUT2D eigenvalue weighted by atomic mass is 16.5. The lowest BCUT2D eigenvalue weighted by atomic mass is 10.1. The molecule has 29 heavy (non-hydrogen) atoms. The van der Waals surface area contributed by atoms with E-state index >= 15 is 0 Å². The molecule has 0 unspecified atom stereocenters. The van der Waals surface area contributed by atoms with Crippen molar-refractivity contribution in [1.82, 2.24) is 14.7 Å². The minimum absolute atomic E-state index is 0.0530. The van der Waals surface area contributed by atoms with Crippen LogP contribution in [-0.4, -0.2) is 54.6 Å². The van der Waals surface area contributed by atoms with Crippen LogP contribution in [0.4, 0.5) is 0 Å². The van der Waals surface area contributed by atoms with Crippen LogP contribution in [0.25, 0.3) is 0 Å². The number of amides is 1. The van der Waals surface area contributed by atoms with Crippen LogP contribution in [-0.2, 0) is 22.6 Å². The van der Waals surface area contributed by atoms with E-state index in [1.165, 1.54) is 5.56 Å². The number of hydrogen-bond acceptors (Lipinski definition) is 5. The van der Waals surface area contributed by atoms with Gasteiger partial charge in [0.15, 0.2) is 11.5 Å². The summed E-state index contributed by atoms with van der Waals surface area (Å²) in [6, 6.07) is 5.66. The molecule has 1 atom stereocenters. The molecule has 0 bridgehead atoms. The van der Waals surface area contributed by atoms with Gasteiger partial charge in [-0.1, -0.05) is 6.07 Å². The van der Waals surface area contributed by atoms with E-state index in [2.05, 4.69) is 12.0 Å². The highest BCUT2D eigenvalue weighted by Crippen LogP contribution is 2.28. The lowest BCUT2D eigenvalue weighted by Crippen LogP contribution is -2.41. The van der Waals surface area contributed by atoms with Crippen molar-refractivity contribution < 1.29 is 19.0 Å². The third-order valence-corrected chi connectivity index (χ3v) is 5.34. The van der Waals surface area contributed by atoms with Gasteiger partial charge in [-0.3, -0.25) is 9.48 Å². The zero-order valence-corrected chi connectivity index (χ0v) is 18.6. The summed E-state index contributed by atoms with van der Waals surface area (Å²) in [4.78, 5) is 14.9. The molecule has 0 N–H and O–H groups in total. The van der Waals surface area contributed by atoms with Crippen molar-refractivity contribution >= 4 is 5.91 Å². The molecule has 1 aromatic heterocycles. The third kappa shape index (κ3) is 5.50. The van der Waals surface area contributed by atoms with E-state index in [4.69, 9.17) is 14.2 Å². The van der Waals surface area contributed by atoms with E-state index in [-0.39, 0.29) is 11.9 Å². The van der Waals surface area contributed by atoms with Gasteiger partial charge in [-0.15, -0.1) is 0 Å². The fraction of sp³-hybridized carbons (Fsp3) is 0.545. The van der Waals surface area contributed by atoms with Crippen molar-refractivity contribution in [1.29, 1.82) is 0 Å². The fourth-order valence-corrected chi connectivity index (χ4v) is 3.35. The summed E-state index contributed by atoms with van der Waals surface area (Å²) < 4.78 is 17.9. The normalized spacial score (nSPS) is 12.0. The summed E-state index contributed by atoms with van der Waals surface area (Å²) >= 11 is 0. The monoisotopic (exact) mass is 403 g/mol.